The third-order valence-electron chi connectivity index (χ3n) is 8.13. The van der Waals surface area contributed by atoms with E-state index in [0.29, 0.717) is 53.7 Å². The standard InChI is InChI=1S/C27H40Cl2N4O2/c1-20-7-4-5-13-31(20)14-6-12-30-26(34)25(21-8-2-3-9-21)32-15-17-33(18-16-32)27(35)23-11-10-22(28)19-24(23)29/h10-11,19-21,25H,2-9,12-18H2,1H3,(H,30,34). The lowest BCUT2D eigenvalue weighted by Gasteiger charge is -2.41. The molecule has 0 bridgehead atoms. The van der Waals surface area contributed by atoms with Gasteiger partial charge in [-0.1, -0.05) is 42.5 Å². The van der Waals surface area contributed by atoms with Gasteiger partial charge < -0.3 is 15.1 Å². The van der Waals surface area contributed by atoms with Crippen LogP contribution < -0.4 is 5.32 Å². The summed E-state index contributed by atoms with van der Waals surface area (Å²) in [5, 5.41) is 4.17. The van der Waals surface area contributed by atoms with Crippen molar-refractivity contribution < 1.29 is 9.59 Å². The van der Waals surface area contributed by atoms with Crippen LogP contribution >= 0.6 is 23.2 Å². The predicted molar refractivity (Wildman–Crippen MR) is 142 cm³/mol. The molecule has 2 heterocycles. The van der Waals surface area contributed by atoms with Crippen LogP contribution in [0.3, 0.4) is 0 Å². The Morgan fingerprint density at radius 1 is 1.00 bits per heavy atom. The second-order valence-corrected chi connectivity index (χ2v) is 11.3. The van der Waals surface area contributed by atoms with Crippen LogP contribution in [0.15, 0.2) is 18.2 Å². The molecule has 3 aliphatic rings. The number of piperidine rings is 1. The molecule has 1 aromatic carbocycles. The van der Waals surface area contributed by atoms with Crippen LogP contribution in [0.4, 0.5) is 0 Å². The smallest absolute Gasteiger partial charge is 0.255 e. The van der Waals surface area contributed by atoms with E-state index < -0.39 is 0 Å². The maximum absolute atomic E-state index is 13.4. The third-order valence-corrected chi connectivity index (χ3v) is 8.68. The number of benzene rings is 1. The van der Waals surface area contributed by atoms with Gasteiger partial charge in [0, 0.05) is 50.3 Å². The van der Waals surface area contributed by atoms with Crippen molar-refractivity contribution in [2.45, 2.75) is 70.4 Å². The second kappa shape index (κ2) is 12.8. The molecule has 3 fully saturated rings. The Balaban J connectivity index is 1.30. The van der Waals surface area contributed by atoms with Gasteiger partial charge in [0.1, 0.15) is 0 Å². The van der Waals surface area contributed by atoms with E-state index in [-0.39, 0.29) is 17.9 Å². The molecule has 194 valence electrons. The van der Waals surface area contributed by atoms with Crippen LogP contribution in [0, 0.1) is 5.92 Å². The number of hydrogen-bond donors (Lipinski definition) is 1. The maximum atomic E-state index is 13.4. The Morgan fingerprint density at radius 2 is 1.71 bits per heavy atom. The molecular weight excluding hydrogens is 483 g/mol. The summed E-state index contributed by atoms with van der Waals surface area (Å²) in [4.78, 5) is 33.1. The van der Waals surface area contributed by atoms with Gasteiger partial charge in [0.05, 0.1) is 16.6 Å². The quantitative estimate of drug-likeness (QED) is 0.503. The minimum Gasteiger partial charge on any atom is -0.355 e. The first-order chi connectivity index (χ1) is 16.9. The van der Waals surface area contributed by atoms with E-state index in [1.54, 1.807) is 18.2 Å². The maximum Gasteiger partial charge on any atom is 0.255 e. The number of rotatable bonds is 8. The lowest BCUT2D eigenvalue weighted by Crippen LogP contribution is -2.58. The van der Waals surface area contributed by atoms with Crippen LogP contribution in [0.5, 0.6) is 0 Å². The molecule has 0 aromatic heterocycles. The van der Waals surface area contributed by atoms with Crippen molar-refractivity contribution in [3.63, 3.8) is 0 Å². The summed E-state index contributed by atoms with van der Waals surface area (Å²) in [5.41, 5.74) is 0.484. The number of carbonyl (C=O) groups excluding carboxylic acids is 2. The minimum atomic E-state index is -0.0946. The highest BCUT2D eigenvalue weighted by Gasteiger charge is 2.37. The van der Waals surface area contributed by atoms with Crippen molar-refractivity contribution in [3.8, 4) is 0 Å². The first-order valence-corrected chi connectivity index (χ1v) is 14.2. The highest BCUT2D eigenvalue weighted by molar-refractivity contribution is 6.36. The summed E-state index contributed by atoms with van der Waals surface area (Å²) in [6.07, 6.45) is 9.55. The van der Waals surface area contributed by atoms with E-state index in [9.17, 15) is 9.59 Å². The van der Waals surface area contributed by atoms with E-state index >= 15 is 0 Å². The SMILES string of the molecule is CC1CCCCN1CCCNC(=O)C(C1CCCC1)N1CCN(C(=O)c2ccc(Cl)cc2Cl)CC1. The fourth-order valence-electron chi connectivity index (χ4n) is 6.08. The lowest BCUT2D eigenvalue weighted by atomic mass is 9.95. The summed E-state index contributed by atoms with van der Waals surface area (Å²) in [7, 11) is 0. The molecular formula is C27H40Cl2N4O2. The average molecular weight is 524 g/mol. The highest BCUT2D eigenvalue weighted by atomic mass is 35.5. The molecule has 2 saturated heterocycles. The van der Waals surface area contributed by atoms with Crippen molar-refractivity contribution in [1.29, 1.82) is 0 Å². The fourth-order valence-corrected chi connectivity index (χ4v) is 6.57. The zero-order valence-corrected chi connectivity index (χ0v) is 22.5. The van der Waals surface area contributed by atoms with Crippen molar-refractivity contribution >= 4 is 35.0 Å². The van der Waals surface area contributed by atoms with Crippen LogP contribution in [0.25, 0.3) is 0 Å². The number of amides is 2. The van der Waals surface area contributed by atoms with Crippen molar-refractivity contribution in [3.05, 3.63) is 33.8 Å². The molecule has 2 aliphatic heterocycles. The van der Waals surface area contributed by atoms with E-state index in [1.807, 2.05) is 4.90 Å². The monoisotopic (exact) mass is 522 g/mol. The van der Waals surface area contributed by atoms with Gasteiger partial charge >= 0.3 is 0 Å². The fraction of sp³-hybridized carbons (Fsp3) is 0.704. The molecule has 2 unspecified atom stereocenters. The van der Waals surface area contributed by atoms with Gasteiger partial charge in [0.15, 0.2) is 0 Å². The van der Waals surface area contributed by atoms with Gasteiger partial charge in [-0.05, 0) is 69.7 Å². The number of piperazine rings is 1. The Bertz CT molecular complexity index is 869. The topological polar surface area (TPSA) is 55.9 Å². The van der Waals surface area contributed by atoms with Crippen LogP contribution in [-0.2, 0) is 4.79 Å². The number of carbonyl (C=O) groups is 2. The zero-order valence-electron chi connectivity index (χ0n) is 21.0. The minimum absolute atomic E-state index is 0.0693. The van der Waals surface area contributed by atoms with Gasteiger partial charge in [-0.25, -0.2) is 0 Å². The molecule has 1 saturated carbocycles. The molecule has 1 aromatic rings. The summed E-state index contributed by atoms with van der Waals surface area (Å²) in [6, 6.07) is 5.57. The van der Waals surface area contributed by atoms with E-state index in [2.05, 4.69) is 22.0 Å². The summed E-state index contributed by atoms with van der Waals surface area (Å²) < 4.78 is 0. The molecule has 2 amide bonds. The highest BCUT2D eigenvalue weighted by Crippen LogP contribution is 2.31. The van der Waals surface area contributed by atoms with Gasteiger partial charge in [0.25, 0.3) is 5.91 Å². The van der Waals surface area contributed by atoms with Gasteiger partial charge in [-0.15, -0.1) is 0 Å². The van der Waals surface area contributed by atoms with Crippen molar-refractivity contribution in [2.24, 2.45) is 5.92 Å². The second-order valence-electron chi connectivity index (χ2n) is 10.5. The summed E-state index contributed by atoms with van der Waals surface area (Å²) >= 11 is 12.3. The Morgan fingerprint density at radius 3 is 2.40 bits per heavy atom. The predicted octanol–water partition coefficient (Wildman–Crippen LogP) is 4.69. The molecule has 8 heteroatoms. The summed E-state index contributed by atoms with van der Waals surface area (Å²) in [6.45, 7) is 7.90. The average Bonchev–Trinajstić information content (AvgIpc) is 3.37. The van der Waals surface area contributed by atoms with Crippen LogP contribution in [0.1, 0.15) is 68.6 Å². The molecule has 35 heavy (non-hydrogen) atoms. The third kappa shape index (κ3) is 6.91. The number of nitrogens with one attached hydrogen (secondary N) is 1. The molecule has 0 radical (unpaired) electrons. The number of halogens is 2. The Hall–Kier alpha value is -1.34. The van der Waals surface area contributed by atoms with Crippen molar-refractivity contribution in [2.75, 3.05) is 45.8 Å². The normalized spacial score (nSPS) is 23.4. The zero-order chi connectivity index (χ0) is 24.8. The summed E-state index contributed by atoms with van der Waals surface area (Å²) in [5.74, 6) is 0.509. The van der Waals surface area contributed by atoms with Crippen LogP contribution in [0.2, 0.25) is 10.0 Å². The first-order valence-electron chi connectivity index (χ1n) is 13.4. The van der Waals surface area contributed by atoms with E-state index in [0.717, 1.165) is 32.4 Å². The number of hydrogen-bond acceptors (Lipinski definition) is 4. The molecule has 6 nitrogen and oxygen atoms in total. The Kier molecular flexibility index (Phi) is 9.74. The lowest BCUT2D eigenvalue weighted by molar-refractivity contribution is -0.129. The van der Waals surface area contributed by atoms with E-state index in [4.69, 9.17) is 23.2 Å². The first kappa shape index (κ1) is 26.7. The Labute approximate surface area is 220 Å². The number of nitrogens with zero attached hydrogens (tertiary/aromatic N) is 3. The molecule has 2 atom stereocenters. The molecule has 0 spiro atoms. The molecule has 1 N–H and O–H groups in total. The van der Waals surface area contributed by atoms with Gasteiger partial charge in [-0.2, -0.15) is 0 Å². The van der Waals surface area contributed by atoms with Gasteiger partial charge in [0.2, 0.25) is 5.91 Å². The largest absolute Gasteiger partial charge is 0.355 e. The van der Waals surface area contributed by atoms with Gasteiger partial charge in [-0.3, -0.25) is 14.5 Å². The van der Waals surface area contributed by atoms with Crippen LogP contribution in [-0.4, -0.2) is 84.4 Å². The van der Waals surface area contributed by atoms with E-state index in [1.165, 1.54) is 38.6 Å². The molecule has 1 aliphatic carbocycles. The number of likely N-dealkylation sites (tertiary alicyclic amines) is 1. The van der Waals surface area contributed by atoms with Crippen molar-refractivity contribution in [1.82, 2.24) is 20.0 Å². The molecule has 4 rings (SSSR count).